The maximum Gasteiger partial charge on any atom is 0.223 e. The van der Waals surface area contributed by atoms with Crippen molar-refractivity contribution in [3.8, 4) is 0 Å². The molecule has 1 aliphatic carbocycles. The monoisotopic (exact) mass is 321 g/mol. The summed E-state index contributed by atoms with van der Waals surface area (Å²) in [6.07, 6.45) is 2.94. The minimum Gasteiger partial charge on any atom is -0.349 e. The lowest BCUT2D eigenvalue weighted by Crippen LogP contribution is -2.34. The number of amides is 1. The van der Waals surface area contributed by atoms with Crippen molar-refractivity contribution in [2.45, 2.75) is 25.3 Å². The summed E-state index contributed by atoms with van der Waals surface area (Å²) >= 11 is 0. The first-order chi connectivity index (χ1) is 11.1. The average molecular weight is 321 g/mol. The van der Waals surface area contributed by atoms with Crippen molar-refractivity contribution in [1.82, 2.24) is 10.6 Å². The van der Waals surface area contributed by atoms with Gasteiger partial charge in [-0.2, -0.15) is 0 Å². The number of fused-ring (bicyclic) bond motifs is 1. The lowest BCUT2D eigenvalue weighted by molar-refractivity contribution is -0.125. The molecule has 6 heteroatoms. The second kappa shape index (κ2) is 6.74. The molecule has 1 heterocycles. The maximum atomic E-state index is 14.0. The van der Waals surface area contributed by atoms with E-state index in [1.54, 1.807) is 0 Å². The number of nitrogens with one attached hydrogen (secondary N) is 3. The minimum atomic E-state index is -0.700. The van der Waals surface area contributed by atoms with Gasteiger partial charge >= 0.3 is 0 Å². The molecule has 1 saturated heterocycles. The van der Waals surface area contributed by atoms with Crippen molar-refractivity contribution < 1.29 is 13.6 Å². The van der Waals surface area contributed by atoms with Gasteiger partial charge in [0.1, 0.15) is 11.6 Å². The second-order valence-electron chi connectivity index (χ2n) is 6.51. The molecular weight excluding hydrogens is 300 g/mol. The zero-order valence-corrected chi connectivity index (χ0v) is 12.8. The van der Waals surface area contributed by atoms with E-state index >= 15 is 0 Å². The second-order valence-corrected chi connectivity index (χ2v) is 6.51. The van der Waals surface area contributed by atoms with Crippen LogP contribution in [0.3, 0.4) is 0 Å². The summed E-state index contributed by atoms with van der Waals surface area (Å²) in [7, 11) is 0. The number of carbonyl (C=O) groups excluding carboxylic acids is 1. The third kappa shape index (κ3) is 3.42. The van der Waals surface area contributed by atoms with Gasteiger partial charge in [0.05, 0.1) is 6.04 Å². The van der Waals surface area contributed by atoms with Gasteiger partial charge < -0.3 is 16.0 Å². The average Bonchev–Trinajstić information content (AvgIpc) is 3.10. The van der Waals surface area contributed by atoms with Crippen molar-refractivity contribution in [3.63, 3.8) is 0 Å². The number of carbonyl (C=O) groups is 1. The predicted molar refractivity (Wildman–Crippen MR) is 83.2 cm³/mol. The third-order valence-corrected chi connectivity index (χ3v) is 5.03. The fourth-order valence-electron chi connectivity index (χ4n) is 3.83. The Hall–Kier alpha value is -1.82. The predicted octanol–water partition coefficient (Wildman–Crippen LogP) is 2.41. The van der Waals surface area contributed by atoms with Gasteiger partial charge in [0.2, 0.25) is 5.91 Å². The minimum absolute atomic E-state index is 0.0723. The van der Waals surface area contributed by atoms with E-state index in [1.807, 2.05) is 0 Å². The number of halogens is 2. The van der Waals surface area contributed by atoms with Crippen LogP contribution in [0, 0.1) is 34.8 Å². The first kappa shape index (κ1) is 16.1. The Labute approximate surface area is 134 Å². The zero-order valence-electron chi connectivity index (χ0n) is 12.8. The summed E-state index contributed by atoms with van der Waals surface area (Å²) in [6, 6.07) is 2.50. The Morgan fingerprint density at radius 1 is 1.35 bits per heavy atom. The van der Waals surface area contributed by atoms with Gasteiger partial charge in [-0.15, -0.1) is 0 Å². The molecule has 2 fully saturated rings. The lowest BCUT2D eigenvalue weighted by Gasteiger charge is -2.21. The van der Waals surface area contributed by atoms with E-state index in [0.717, 1.165) is 50.3 Å². The van der Waals surface area contributed by atoms with Crippen LogP contribution in [0.4, 0.5) is 8.78 Å². The number of rotatable bonds is 5. The molecule has 3 rings (SSSR count). The van der Waals surface area contributed by atoms with E-state index in [-0.39, 0.29) is 23.8 Å². The Morgan fingerprint density at radius 3 is 2.70 bits per heavy atom. The molecule has 0 aromatic heterocycles. The first-order valence-electron chi connectivity index (χ1n) is 8.03. The topological polar surface area (TPSA) is 65.0 Å². The van der Waals surface area contributed by atoms with Gasteiger partial charge in [-0.1, -0.05) is 0 Å². The van der Waals surface area contributed by atoms with Crippen LogP contribution in [0.5, 0.6) is 0 Å². The summed E-state index contributed by atoms with van der Waals surface area (Å²) in [5.74, 6) is -0.222. The summed E-state index contributed by atoms with van der Waals surface area (Å²) in [6.45, 7) is 1.91. The van der Waals surface area contributed by atoms with E-state index in [2.05, 4.69) is 10.6 Å². The smallest absolute Gasteiger partial charge is 0.223 e. The summed E-state index contributed by atoms with van der Waals surface area (Å²) < 4.78 is 27.4. The Balaban J connectivity index is 1.71. The maximum absolute atomic E-state index is 14.0. The molecule has 124 valence electrons. The van der Waals surface area contributed by atoms with Gasteiger partial charge in [-0.3, -0.25) is 4.79 Å². The van der Waals surface area contributed by atoms with Gasteiger partial charge in [0.25, 0.3) is 0 Å². The van der Waals surface area contributed by atoms with Crippen LogP contribution in [0.25, 0.3) is 0 Å². The highest BCUT2D eigenvalue weighted by molar-refractivity contribution is 5.80. The Kier molecular flexibility index (Phi) is 4.71. The molecule has 0 spiro atoms. The van der Waals surface area contributed by atoms with Gasteiger partial charge in [-0.05, 0) is 62.2 Å². The standard InChI is InChI=1S/C17H21F2N3O/c18-13-1-2-15(19)14(7-13)16(3-4-20)22-17(23)10-5-11-8-21-9-12(11)6-10/h1-2,4,7,10-12,16,20-21H,3,5-6,8-9H2,(H,22,23). The molecule has 3 N–H and O–H groups in total. The van der Waals surface area contributed by atoms with Crippen LogP contribution in [0.1, 0.15) is 30.9 Å². The highest BCUT2D eigenvalue weighted by Gasteiger charge is 2.40. The van der Waals surface area contributed by atoms with E-state index in [9.17, 15) is 13.6 Å². The van der Waals surface area contributed by atoms with E-state index in [0.29, 0.717) is 11.8 Å². The molecule has 2 aliphatic rings. The highest BCUT2D eigenvalue weighted by atomic mass is 19.1. The molecule has 1 aromatic carbocycles. The number of hydrogen-bond acceptors (Lipinski definition) is 3. The van der Waals surface area contributed by atoms with Crippen LogP contribution in [0.2, 0.25) is 0 Å². The molecule has 1 saturated carbocycles. The van der Waals surface area contributed by atoms with Crippen molar-refractivity contribution in [2.75, 3.05) is 13.1 Å². The molecule has 23 heavy (non-hydrogen) atoms. The largest absolute Gasteiger partial charge is 0.349 e. The third-order valence-electron chi connectivity index (χ3n) is 5.03. The van der Waals surface area contributed by atoms with E-state index < -0.39 is 17.7 Å². The molecule has 0 radical (unpaired) electrons. The van der Waals surface area contributed by atoms with Crippen molar-refractivity contribution in [2.24, 2.45) is 17.8 Å². The van der Waals surface area contributed by atoms with E-state index in [1.165, 1.54) is 0 Å². The molecule has 0 bridgehead atoms. The van der Waals surface area contributed by atoms with Crippen molar-refractivity contribution >= 4 is 12.1 Å². The summed E-state index contributed by atoms with van der Waals surface area (Å²) in [5, 5.41) is 13.4. The van der Waals surface area contributed by atoms with Gasteiger partial charge in [0, 0.05) is 17.9 Å². The van der Waals surface area contributed by atoms with Gasteiger partial charge in [0.15, 0.2) is 0 Å². The van der Waals surface area contributed by atoms with Crippen LogP contribution < -0.4 is 10.6 Å². The van der Waals surface area contributed by atoms with Crippen LogP contribution in [-0.4, -0.2) is 25.2 Å². The molecule has 3 atom stereocenters. The van der Waals surface area contributed by atoms with Crippen LogP contribution >= 0.6 is 0 Å². The zero-order chi connectivity index (χ0) is 16.4. The molecule has 4 nitrogen and oxygen atoms in total. The summed E-state index contributed by atoms with van der Waals surface area (Å²) in [4.78, 5) is 12.5. The van der Waals surface area contributed by atoms with E-state index in [4.69, 9.17) is 5.41 Å². The first-order valence-corrected chi connectivity index (χ1v) is 8.03. The van der Waals surface area contributed by atoms with Crippen LogP contribution in [-0.2, 0) is 4.79 Å². The lowest BCUT2D eigenvalue weighted by atomic mass is 10.00. The Morgan fingerprint density at radius 2 is 2.04 bits per heavy atom. The van der Waals surface area contributed by atoms with Crippen molar-refractivity contribution in [1.29, 1.82) is 5.41 Å². The summed E-state index contributed by atoms with van der Waals surface area (Å²) in [5.41, 5.74) is 0.0988. The molecule has 3 unspecified atom stereocenters. The molecule has 1 aromatic rings. The van der Waals surface area contributed by atoms with Crippen LogP contribution in [0.15, 0.2) is 18.2 Å². The Bertz CT molecular complexity index is 596. The molecule has 1 aliphatic heterocycles. The van der Waals surface area contributed by atoms with Gasteiger partial charge in [-0.25, -0.2) is 8.78 Å². The number of hydrogen-bond donors (Lipinski definition) is 3. The molecular formula is C17H21F2N3O. The fourth-order valence-corrected chi connectivity index (χ4v) is 3.83. The normalized spacial score (nSPS) is 27.5. The fraction of sp³-hybridized carbons (Fsp3) is 0.529. The SMILES string of the molecule is N=CCC(NC(=O)C1CC2CNCC2C1)c1cc(F)ccc1F. The number of benzene rings is 1. The molecule has 1 amide bonds. The highest BCUT2D eigenvalue weighted by Crippen LogP contribution is 2.39. The van der Waals surface area contributed by atoms with Crippen molar-refractivity contribution in [3.05, 3.63) is 35.4 Å². The quantitative estimate of drug-likeness (QED) is 0.729.